The topological polar surface area (TPSA) is 38.9 Å². The Bertz CT molecular complexity index is 620. The van der Waals surface area contributed by atoms with Crippen molar-refractivity contribution in [3.8, 4) is 11.3 Å². The normalized spacial score (nSPS) is 16.5. The van der Waals surface area contributed by atoms with E-state index in [-0.39, 0.29) is 0 Å². The molecule has 0 saturated heterocycles. The van der Waals surface area contributed by atoms with E-state index in [1.54, 1.807) is 11.3 Å². The predicted octanol–water partition coefficient (Wildman–Crippen LogP) is 5.86. The van der Waals surface area contributed by atoms with Crippen LogP contribution < -0.4 is 5.73 Å². The maximum Gasteiger partial charge on any atom is 0.114 e. The molecule has 0 amide bonds. The van der Waals surface area contributed by atoms with Crippen molar-refractivity contribution in [1.82, 2.24) is 4.98 Å². The van der Waals surface area contributed by atoms with Gasteiger partial charge in [-0.1, -0.05) is 36.9 Å². The lowest BCUT2D eigenvalue weighted by molar-refractivity contribution is 0.442. The van der Waals surface area contributed by atoms with Crippen molar-refractivity contribution in [2.24, 2.45) is 0 Å². The molecule has 0 atom stereocenters. The first-order chi connectivity index (χ1) is 9.65. The molecular formula is C15H16BrClN2S. The first kappa shape index (κ1) is 14.4. The molecule has 106 valence electrons. The van der Waals surface area contributed by atoms with Crippen LogP contribution in [0.25, 0.3) is 11.3 Å². The molecule has 2 N–H and O–H groups in total. The first-order valence-corrected chi connectivity index (χ1v) is 8.85. The zero-order chi connectivity index (χ0) is 14.1. The molecule has 0 aliphatic heterocycles. The highest BCUT2D eigenvalue weighted by Gasteiger charge is 2.21. The fourth-order valence-electron chi connectivity index (χ4n) is 2.72. The SMILES string of the molecule is Nc1sc(C2CCCCC2)nc1-c1ccc(Cl)c(Br)c1. The van der Waals surface area contributed by atoms with E-state index in [9.17, 15) is 0 Å². The molecule has 0 bridgehead atoms. The minimum absolute atomic E-state index is 0.598. The number of thiazole rings is 1. The van der Waals surface area contributed by atoms with E-state index in [2.05, 4.69) is 15.9 Å². The lowest BCUT2D eigenvalue weighted by Crippen LogP contribution is -2.03. The number of rotatable bonds is 2. The van der Waals surface area contributed by atoms with Gasteiger partial charge in [0.25, 0.3) is 0 Å². The summed E-state index contributed by atoms with van der Waals surface area (Å²) in [4.78, 5) is 4.80. The summed E-state index contributed by atoms with van der Waals surface area (Å²) in [5.41, 5.74) is 8.10. The minimum Gasteiger partial charge on any atom is -0.389 e. The Labute approximate surface area is 136 Å². The summed E-state index contributed by atoms with van der Waals surface area (Å²) in [7, 11) is 0. The summed E-state index contributed by atoms with van der Waals surface area (Å²) >= 11 is 11.1. The van der Waals surface area contributed by atoms with Crippen LogP contribution in [-0.4, -0.2) is 4.98 Å². The number of anilines is 1. The molecule has 2 nitrogen and oxygen atoms in total. The van der Waals surface area contributed by atoms with Crippen molar-refractivity contribution in [2.45, 2.75) is 38.0 Å². The molecule has 0 unspecified atom stereocenters. The fraction of sp³-hybridized carbons (Fsp3) is 0.400. The van der Waals surface area contributed by atoms with E-state index in [4.69, 9.17) is 22.3 Å². The molecule has 1 aliphatic rings. The first-order valence-electron chi connectivity index (χ1n) is 6.87. The van der Waals surface area contributed by atoms with Crippen molar-refractivity contribution in [1.29, 1.82) is 0 Å². The standard InChI is InChI=1S/C15H16BrClN2S/c16-11-8-10(6-7-12(11)17)13-14(18)20-15(19-13)9-4-2-1-3-5-9/h6-9H,1-5,18H2. The molecule has 1 saturated carbocycles. The monoisotopic (exact) mass is 370 g/mol. The van der Waals surface area contributed by atoms with Gasteiger partial charge in [0.05, 0.1) is 10.0 Å². The van der Waals surface area contributed by atoms with Crippen LogP contribution in [0.1, 0.15) is 43.0 Å². The molecule has 20 heavy (non-hydrogen) atoms. The van der Waals surface area contributed by atoms with Crippen molar-refractivity contribution < 1.29 is 0 Å². The van der Waals surface area contributed by atoms with Gasteiger partial charge in [0.15, 0.2) is 0 Å². The smallest absolute Gasteiger partial charge is 0.114 e. The van der Waals surface area contributed by atoms with Crippen LogP contribution in [0.3, 0.4) is 0 Å². The predicted molar refractivity (Wildman–Crippen MR) is 90.5 cm³/mol. The molecule has 0 spiro atoms. The number of aromatic nitrogens is 1. The number of halogens is 2. The highest BCUT2D eigenvalue weighted by Crippen LogP contribution is 2.40. The van der Waals surface area contributed by atoms with Gasteiger partial charge in [-0.2, -0.15) is 0 Å². The third-order valence-corrected chi connectivity index (χ3v) is 6.08. The van der Waals surface area contributed by atoms with Crippen molar-refractivity contribution in [3.05, 3.63) is 32.7 Å². The van der Waals surface area contributed by atoms with Crippen LogP contribution in [-0.2, 0) is 0 Å². The number of nitrogens with two attached hydrogens (primary N) is 1. The van der Waals surface area contributed by atoms with Gasteiger partial charge in [-0.25, -0.2) is 4.98 Å². The summed E-state index contributed by atoms with van der Waals surface area (Å²) in [6.07, 6.45) is 6.47. The highest BCUT2D eigenvalue weighted by molar-refractivity contribution is 9.10. The van der Waals surface area contributed by atoms with E-state index in [1.807, 2.05) is 18.2 Å². The van der Waals surface area contributed by atoms with Gasteiger partial charge in [0.2, 0.25) is 0 Å². The van der Waals surface area contributed by atoms with Crippen molar-refractivity contribution in [3.63, 3.8) is 0 Å². The van der Waals surface area contributed by atoms with E-state index >= 15 is 0 Å². The van der Waals surface area contributed by atoms with Gasteiger partial charge in [-0.15, -0.1) is 11.3 Å². The Morgan fingerprint density at radius 1 is 1.25 bits per heavy atom. The molecular weight excluding hydrogens is 356 g/mol. The van der Waals surface area contributed by atoms with Crippen LogP contribution in [0.4, 0.5) is 5.00 Å². The van der Waals surface area contributed by atoms with E-state index < -0.39 is 0 Å². The molecule has 2 aromatic rings. The Kier molecular flexibility index (Phi) is 4.34. The van der Waals surface area contributed by atoms with Crippen LogP contribution in [0.2, 0.25) is 5.02 Å². The van der Waals surface area contributed by atoms with Crippen LogP contribution in [0.15, 0.2) is 22.7 Å². The summed E-state index contributed by atoms with van der Waals surface area (Å²) in [5, 5.41) is 2.71. The lowest BCUT2D eigenvalue weighted by atomic mass is 9.90. The van der Waals surface area contributed by atoms with Crippen LogP contribution >= 0.6 is 38.9 Å². The molecule has 1 heterocycles. The second-order valence-corrected chi connectivity index (χ2v) is 7.55. The quantitative estimate of drug-likeness (QED) is 0.718. The van der Waals surface area contributed by atoms with Gasteiger partial charge in [-0.05, 0) is 40.9 Å². The van der Waals surface area contributed by atoms with Gasteiger partial charge in [0, 0.05) is 16.0 Å². The van der Waals surface area contributed by atoms with Crippen LogP contribution in [0.5, 0.6) is 0 Å². The third-order valence-electron chi connectivity index (χ3n) is 3.82. The number of hydrogen-bond acceptors (Lipinski definition) is 3. The number of hydrogen-bond donors (Lipinski definition) is 1. The highest BCUT2D eigenvalue weighted by atomic mass is 79.9. The largest absolute Gasteiger partial charge is 0.389 e. The Hall–Kier alpha value is -0.580. The number of benzene rings is 1. The maximum atomic E-state index is 6.18. The Morgan fingerprint density at radius 3 is 2.70 bits per heavy atom. The average molecular weight is 372 g/mol. The van der Waals surface area contributed by atoms with Gasteiger partial charge in [-0.3, -0.25) is 0 Å². The summed E-state index contributed by atoms with van der Waals surface area (Å²) < 4.78 is 0.878. The molecule has 1 aliphatic carbocycles. The Balaban J connectivity index is 1.93. The summed E-state index contributed by atoms with van der Waals surface area (Å²) in [6, 6.07) is 5.83. The van der Waals surface area contributed by atoms with Gasteiger partial charge in [0.1, 0.15) is 10.7 Å². The molecule has 1 aromatic carbocycles. The lowest BCUT2D eigenvalue weighted by Gasteiger charge is -2.18. The molecule has 1 aromatic heterocycles. The molecule has 5 heteroatoms. The Morgan fingerprint density at radius 2 is 2.00 bits per heavy atom. The molecule has 0 radical (unpaired) electrons. The zero-order valence-corrected chi connectivity index (χ0v) is 14.2. The second-order valence-electron chi connectivity index (χ2n) is 5.23. The minimum atomic E-state index is 0.598. The van der Waals surface area contributed by atoms with E-state index in [0.717, 1.165) is 20.7 Å². The fourth-order valence-corrected chi connectivity index (χ4v) is 4.24. The van der Waals surface area contributed by atoms with E-state index in [0.29, 0.717) is 10.9 Å². The van der Waals surface area contributed by atoms with Gasteiger partial charge >= 0.3 is 0 Å². The van der Waals surface area contributed by atoms with Crippen LogP contribution in [0, 0.1) is 0 Å². The number of nitrogen functional groups attached to an aromatic ring is 1. The second kappa shape index (κ2) is 6.04. The number of nitrogens with zero attached hydrogens (tertiary/aromatic N) is 1. The third kappa shape index (κ3) is 2.87. The van der Waals surface area contributed by atoms with Crippen molar-refractivity contribution >= 4 is 43.9 Å². The molecule has 3 rings (SSSR count). The van der Waals surface area contributed by atoms with E-state index in [1.165, 1.54) is 37.1 Å². The molecule has 1 fully saturated rings. The van der Waals surface area contributed by atoms with Gasteiger partial charge < -0.3 is 5.73 Å². The summed E-state index contributed by atoms with van der Waals surface area (Å²) in [6.45, 7) is 0. The summed E-state index contributed by atoms with van der Waals surface area (Å²) in [5.74, 6) is 0.598. The average Bonchev–Trinajstić information content (AvgIpc) is 2.85. The zero-order valence-electron chi connectivity index (χ0n) is 11.0. The van der Waals surface area contributed by atoms with Crippen molar-refractivity contribution in [2.75, 3.05) is 5.73 Å². The maximum absolute atomic E-state index is 6.18.